The maximum Gasteiger partial charge on any atom is 0.227 e. The van der Waals surface area contributed by atoms with Crippen molar-refractivity contribution in [3.8, 4) is 0 Å². The number of amides is 1. The Labute approximate surface area is 130 Å². The van der Waals surface area contributed by atoms with Gasteiger partial charge in [-0.15, -0.1) is 0 Å². The highest BCUT2D eigenvalue weighted by atomic mass is 32.1. The number of hydrogen-bond acceptors (Lipinski definition) is 4. The highest BCUT2D eigenvalue weighted by molar-refractivity contribution is 7.07. The first-order valence-electron chi connectivity index (χ1n) is 7.63. The molecule has 1 aromatic heterocycles. The van der Waals surface area contributed by atoms with Gasteiger partial charge in [0, 0.05) is 32.2 Å². The number of likely N-dealkylation sites (tertiary alicyclic amines) is 1. The summed E-state index contributed by atoms with van der Waals surface area (Å²) in [7, 11) is 1.74. The smallest absolute Gasteiger partial charge is 0.227 e. The molecule has 2 saturated heterocycles. The molecule has 1 amide bonds. The Kier molecular flexibility index (Phi) is 4.62. The van der Waals surface area contributed by atoms with Gasteiger partial charge in [-0.05, 0) is 41.7 Å². The van der Waals surface area contributed by atoms with Gasteiger partial charge in [-0.2, -0.15) is 11.3 Å². The molecule has 0 unspecified atom stereocenters. The lowest BCUT2D eigenvalue weighted by atomic mass is 9.73. The molecule has 21 heavy (non-hydrogen) atoms. The van der Waals surface area contributed by atoms with Crippen molar-refractivity contribution in [3.05, 3.63) is 22.4 Å². The molecule has 0 aliphatic carbocycles. The third kappa shape index (κ3) is 3.15. The molecule has 0 N–H and O–H groups in total. The van der Waals surface area contributed by atoms with Crippen LogP contribution in [0.4, 0.5) is 0 Å². The summed E-state index contributed by atoms with van der Waals surface area (Å²) in [5, 5.41) is 4.08. The molecule has 0 bridgehead atoms. The average Bonchev–Trinajstić information content (AvgIpc) is 2.99. The zero-order valence-electron chi connectivity index (χ0n) is 12.5. The Bertz CT molecular complexity index is 472. The normalized spacial score (nSPS) is 29.2. The number of piperidine rings is 1. The van der Waals surface area contributed by atoms with E-state index in [2.05, 4.69) is 5.38 Å². The van der Waals surface area contributed by atoms with Gasteiger partial charge < -0.3 is 14.4 Å². The van der Waals surface area contributed by atoms with Crippen molar-refractivity contribution < 1.29 is 14.3 Å². The summed E-state index contributed by atoms with van der Waals surface area (Å²) >= 11 is 1.64. The summed E-state index contributed by atoms with van der Waals surface area (Å²) < 4.78 is 11.4. The highest BCUT2D eigenvalue weighted by Crippen LogP contribution is 2.40. The second-order valence-electron chi connectivity index (χ2n) is 6.17. The number of nitrogens with zero attached hydrogens (tertiary/aromatic N) is 1. The van der Waals surface area contributed by atoms with Crippen LogP contribution in [-0.2, 0) is 20.7 Å². The van der Waals surface area contributed by atoms with Crippen LogP contribution in [0.1, 0.15) is 24.8 Å². The van der Waals surface area contributed by atoms with E-state index in [9.17, 15) is 4.79 Å². The van der Waals surface area contributed by atoms with Gasteiger partial charge in [-0.3, -0.25) is 4.79 Å². The molecule has 1 aromatic rings. The Morgan fingerprint density at radius 2 is 2.52 bits per heavy atom. The van der Waals surface area contributed by atoms with Gasteiger partial charge in [0.1, 0.15) is 0 Å². The van der Waals surface area contributed by atoms with Crippen LogP contribution in [0.3, 0.4) is 0 Å². The fourth-order valence-corrected chi connectivity index (χ4v) is 4.35. The summed E-state index contributed by atoms with van der Waals surface area (Å²) in [5.74, 6) is 0.230. The lowest BCUT2D eigenvalue weighted by Gasteiger charge is -2.50. The van der Waals surface area contributed by atoms with Gasteiger partial charge in [0.15, 0.2) is 0 Å². The minimum absolute atomic E-state index is 0.00441. The summed E-state index contributed by atoms with van der Waals surface area (Å²) in [6.07, 6.45) is 3.84. The first-order valence-corrected chi connectivity index (χ1v) is 8.57. The van der Waals surface area contributed by atoms with Gasteiger partial charge in [-0.1, -0.05) is 0 Å². The van der Waals surface area contributed by atoms with Crippen LogP contribution in [0, 0.1) is 5.41 Å². The van der Waals surface area contributed by atoms with Crippen LogP contribution in [0.25, 0.3) is 0 Å². The standard InChI is InChI=1S/C16H23NO3S/c1-19-12-16-5-2-7-20-14(16)3-6-17(11-16)15(18)9-13-4-8-21-10-13/h4,8,10,14H,2-3,5-7,9,11-12H2,1H3/t14-,16-/m1/s1. The third-order valence-corrected chi connectivity index (χ3v) is 5.44. The maximum absolute atomic E-state index is 12.5. The van der Waals surface area contributed by atoms with Crippen molar-refractivity contribution >= 4 is 17.2 Å². The van der Waals surface area contributed by atoms with Crippen LogP contribution in [0.2, 0.25) is 0 Å². The lowest BCUT2D eigenvalue weighted by Crippen LogP contribution is -2.58. The second kappa shape index (κ2) is 6.46. The van der Waals surface area contributed by atoms with Crippen LogP contribution < -0.4 is 0 Å². The molecule has 0 spiro atoms. The Morgan fingerprint density at radius 1 is 1.62 bits per heavy atom. The molecule has 3 rings (SSSR count). The van der Waals surface area contributed by atoms with Gasteiger partial charge in [0.2, 0.25) is 5.91 Å². The third-order valence-electron chi connectivity index (χ3n) is 4.71. The molecule has 2 atom stereocenters. The number of methoxy groups -OCH3 is 1. The first kappa shape index (κ1) is 15.0. The van der Waals surface area contributed by atoms with Crippen LogP contribution in [0.5, 0.6) is 0 Å². The van der Waals surface area contributed by atoms with Gasteiger partial charge >= 0.3 is 0 Å². The number of hydrogen-bond donors (Lipinski definition) is 0. The minimum atomic E-state index is -0.00441. The number of thiophene rings is 1. The monoisotopic (exact) mass is 309 g/mol. The Morgan fingerprint density at radius 3 is 3.29 bits per heavy atom. The molecule has 2 aliphatic rings. The fraction of sp³-hybridized carbons (Fsp3) is 0.688. The van der Waals surface area contributed by atoms with E-state index >= 15 is 0 Å². The molecule has 0 aromatic carbocycles. The molecule has 5 heteroatoms. The predicted molar refractivity (Wildman–Crippen MR) is 82.5 cm³/mol. The Hall–Kier alpha value is -0.910. The summed E-state index contributed by atoms with van der Waals surface area (Å²) in [6.45, 7) is 3.10. The molecule has 2 aliphatic heterocycles. The SMILES string of the molecule is COC[C@]12CCCO[C@@H]1CCN(C(=O)Cc1ccsc1)C2. The number of carbonyl (C=O) groups excluding carboxylic acids is 1. The second-order valence-corrected chi connectivity index (χ2v) is 6.95. The van der Waals surface area contributed by atoms with E-state index in [0.29, 0.717) is 13.0 Å². The maximum atomic E-state index is 12.5. The molecule has 116 valence electrons. The van der Waals surface area contributed by atoms with Crippen molar-refractivity contribution in [1.29, 1.82) is 0 Å². The summed E-state index contributed by atoms with van der Waals surface area (Å²) in [6, 6.07) is 2.03. The van der Waals surface area contributed by atoms with Crippen molar-refractivity contribution in [1.82, 2.24) is 4.90 Å². The molecule has 3 heterocycles. The first-order chi connectivity index (χ1) is 10.2. The van der Waals surface area contributed by atoms with E-state index in [-0.39, 0.29) is 17.4 Å². The van der Waals surface area contributed by atoms with E-state index < -0.39 is 0 Å². The fourth-order valence-electron chi connectivity index (χ4n) is 3.68. The number of rotatable bonds is 4. The molecule has 2 fully saturated rings. The number of carbonyl (C=O) groups is 1. The van der Waals surface area contributed by atoms with Crippen LogP contribution >= 0.6 is 11.3 Å². The molecule has 0 saturated carbocycles. The molecular formula is C16H23NO3S. The van der Waals surface area contributed by atoms with E-state index in [1.165, 1.54) is 0 Å². The van der Waals surface area contributed by atoms with Crippen molar-refractivity contribution in [2.24, 2.45) is 5.41 Å². The largest absolute Gasteiger partial charge is 0.384 e. The molecule has 0 radical (unpaired) electrons. The molecular weight excluding hydrogens is 286 g/mol. The lowest BCUT2D eigenvalue weighted by molar-refractivity contribution is -0.161. The minimum Gasteiger partial charge on any atom is -0.384 e. The van der Waals surface area contributed by atoms with Crippen molar-refractivity contribution in [2.45, 2.75) is 31.8 Å². The van der Waals surface area contributed by atoms with Crippen LogP contribution in [0.15, 0.2) is 16.8 Å². The van der Waals surface area contributed by atoms with E-state index in [0.717, 1.165) is 44.5 Å². The van der Waals surface area contributed by atoms with Gasteiger partial charge in [-0.25, -0.2) is 0 Å². The molecule has 4 nitrogen and oxygen atoms in total. The number of fused-ring (bicyclic) bond motifs is 1. The topological polar surface area (TPSA) is 38.8 Å². The van der Waals surface area contributed by atoms with Gasteiger partial charge in [0.25, 0.3) is 0 Å². The van der Waals surface area contributed by atoms with E-state index in [4.69, 9.17) is 9.47 Å². The summed E-state index contributed by atoms with van der Waals surface area (Å²) in [4.78, 5) is 14.6. The van der Waals surface area contributed by atoms with Crippen molar-refractivity contribution in [2.75, 3.05) is 33.4 Å². The van der Waals surface area contributed by atoms with E-state index in [1.54, 1.807) is 18.4 Å². The zero-order chi connectivity index (χ0) is 14.7. The van der Waals surface area contributed by atoms with Crippen LogP contribution in [-0.4, -0.2) is 50.3 Å². The average molecular weight is 309 g/mol. The number of ether oxygens (including phenoxy) is 2. The quantitative estimate of drug-likeness (QED) is 0.857. The highest BCUT2D eigenvalue weighted by Gasteiger charge is 2.46. The van der Waals surface area contributed by atoms with Crippen molar-refractivity contribution in [3.63, 3.8) is 0 Å². The Balaban J connectivity index is 1.69. The van der Waals surface area contributed by atoms with Gasteiger partial charge in [0.05, 0.1) is 19.1 Å². The summed E-state index contributed by atoms with van der Waals surface area (Å²) in [5.41, 5.74) is 1.11. The van der Waals surface area contributed by atoms with E-state index in [1.807, 2.05) is 16.3 Å². The zero-order valence-corrected chi connectivity index (χ0v) is 13.4. The predicted octanol–water partition coefficient (Wildman–Crippen LogP) is 2.33.